The molecule has 0 heterocycles. The first kappa shape index (κ1) is 11.7. The van der Waals surface area contributed by atoms with E-state index in [0.29, 0.717) is 11.6 Å². The van der Waals surface area contributed by atoms with Crippen LogP contribution in [0.15, 0.2) is 54.6 Å². The van der Waals surface area contributed by atoms with Gasteiger partial charge < -0.3 is 4.90 Å². The summed E-state index contributed by atoms with van der Waals surface area (Å²) in [4.78, 5) is 12.7. The number of anilines is 1. The van der Waals surface area contributed by atoms with Crippen molar-refractivity contribution >= 4 is 23.7 Å². The van der Waals surface area contributed by atoms with E-state index >= 15 is 0 Å². The largest absolute Gasteiger partial charge is 0.309 e. The minimum Gasteiger partial charge on any atom is -0.309 e. The van der Waals surface area contributed by atoms with Gasteiger partial charge in [-0.3, -0.25) is 4.79 Å². The number of benzene rings is 2. The molecule has 2 nitrogen and oxygen atoms in total. The average molecular weight is 246 g/mol. The second-order valence-electron chi connectivity index (χ2n) is 3.67. The molecule has 0 aliphatic heterocycles. The lowest BCUT2D eigenvalue weighted by atomic mass is 10.2. The summed E-state index contributed by atoms with van der Waals surface area (Å²) in [7, 11) is 0. The van der Waals surface area contributed by atoms with Crippen molar-refractivity contribution in [3.63, 3.8) is 0 Å². The monoisotopic (exact) mass is 245 g/mol. The lowest BCUT2D eigenvalue weighted by Crippen LogP contribution is -2.20. The van der Waals surface area contributed by atoms with Gasteiger partial charge in [0, 0.05) is 0 Å². The molecule has 0 radical (unpaired) electrons. The summed E-state index contributed by atoms with van der Waals surface area (Å²) in [5.74, 6) is 0. The average Bonchev–Trinajstić information content (AvgIpc) is 2.38. The van der Waals surface area contributed by atoms with Crippen LogP contribution in [0.4, 0.5) is 5.69 Å². The van der Waals surface area contributed by atoms with E-state index < -0.39 is 0 Å². The molecule has 0 unspecified atom stereocenters. The molecule has 0 atom stereocenters. The molecule has 2 rings (SSSR count). The quantitative estimate of drug-likeness (QED) is 0.755. The molecule has 2 aromatic rings. The first-order valence-electron chi connectivity index (χ1n) is 5.31. The predicted octanol–water partition coefficient (Wildman–Crippen LogP) is 3.50. The second kappa shape index (κ2) is 5.51. The van der Waals surface area contributed by atoms with Crippen molar-refractivity contribution in [2.24, 2.45) is 0 Å². The lowest BCUT2D eigenvalue weighted by molar-refractivity contribution is -0.107. The Balaban J connectivity index is 2.24. The van der Waals surface area contributed by atoms with Crippen LogP contribution in [-0.4, -0.2) is 6.41 Å². The zero-order valence-electron chi connectivity index (χ0n) is 9.21. The summed E-state index contributed by atoms with van der Waals surface area (Å²) in [6.07, 6.45) is 0.800. The van der Waals surface area contributed by atoms with Gasteiger partial charge in [0.15, 0.2) is 0 Å². The highest BCUT2D eigenvalue weighted by Crippen LogP contribution is 2.25. The smallest absolute Gasteiger partial charge is 0.214 e. The Hall–Kier alpha value is -1.80. The Morgan fingerprint density at radius 1 is 1.00 bits per heavy atom. The Morgan fingerprint density at radius 2 is 1.65 bits per heavy atom. The minimum absolute atomic E-state index is 0.522. The first-order valence-corrected chi connectivity index (χ1v) is 5.69. The van der Waals surface area contributed by atoms with Gasteiger partial charge in [-0.15, -0.1) is 0 Å². The molecule has 0 saturated carbocycles. The van der Waals surface area contributed by atoms with Gasteiger partial charge in [-0.05, 0) is 17.7 Å². The second-order valence-corrected chi connectivity index (χ2v) is 4.08. The van der Waals surface area contributed by atoms with Crippen molar-refractivity contribution < 1.29 is 4.79 Å². The summed E-state index contributed by atoms with van der Waals surface area (Å²) in [6.45, 7) is 0.522. The zero-order chi connectivity index (χ0) is 12.1. The van der Waals surface area contributed by atoms with Gasteiger partial charge >= 0.3 is 0 Å². The van der Waals surface area contributed by atoms with Crippen molar-refractivity contribution in [3.05, 3.63) is 65.2 Å². The molecule has 0 spiro atoms. The van der Waals surface area contributed by atoms with Crippen molar-refractivity contribution in [1.82, 2.24) is 0 Å². The standard InChI is InChI=1S/C14H12ClNO/c15-13-8-4-5-9-14(13)16(11-17)10-12-6-2-1-3-7-12/h1-9,11H,10H2. The van der Waals surface area contributed by atoms with Crippen molar-refractivity contribution in [2.45, 2.75) is 6.54 Å². The Morgan fingerprint density at radius 3 is 2.29 bits per heavy atom. The molecule has 1 amide bonds. The topological polar surface area (TPSA) is 20.3 Å². The van der Waals surface area contributed by atoms with Gasteiger partial charge in [0.1, 0.15) is 0 Å². The van der Waals surface area contributed by atoms with Crippen LogP contribution >= 0.6 is 11.6 Å². The Labute approximate surface area is 105 Å². The van der Waals surface area contributed by atoms with E-state index in [-0.39, 0.29) is 0 Å². The molecule has 0 aliphatic rings. The SMILES string of the molecule is O=CN(Cc1ccccc1)c1ccccc1Cl. The van der Waals surface area contributed by atoms with E-state index in [2.05, 4.69) is 0 Å². The van der Waals surface area contributed by atoms with E-state index in [4.69, 9.17) is 11.6 Å². The minimum atomic E-state index is 0.522. The fourth-order valence-corrected chi connectivity index (χ4v) is 1.89. The van der Waals surface area contributed by atoms with E-state index in [1.807, 2.05) is 48.5 Å². The molecule has 0 saturated heterocycles. The summed E-state index contributed by atoms with van der Waals surface area (Å²) >= 11 is 6.06. The summed E-state index contributed by atoms with van der Waals surface area (Å²) in [6, 6.07) is 17.1. The van der Waals surface area contributed by atoms with Crippen molar-refractivity contribution in [3.8, 4) is 0 Å². The number of hydrogen-bond acceptors (Lipinski definition) is 1. The fourth-order valence-electron chi connectivity index (χ4n) is 1.64. The summed E-state index contributed by atoms with van der Waals surface area (Å²) in [5, 5.41) is 0.579. The number of rotatable bonds is 4. The molecule has 2 aromatic carbocycles. The summed E-state index contributed by atoms with van der Waals surface area (Å²) < 4.78 is 0. The van der Waals surface area contributed by atoms with Crippen LogP contribution in [0.2, 0.25) is 5.02 Å². The highest BCUT2D eigenvalue weighted by molar-refractivity contribution is 6.33. The molecule has 0 fully saturated rings. The normalized spacial score (nSPS) is 9.94. The molecule has 0 aliphatic carbocycles. The fraction of sp³-hybridized carbons (Fsp3) is 0.0714. The first-order chi connectivity index (χ1) is 8.31. The van der Waals surface area contributed by atoms with Crippen LogP contribution in [0, 0.1) is 0 Å². The maximum Gasteiger partial charge on any atom is 0.214 e. The van der Waals surface area contributed by atoms with Crippen LogP contribution in [0.3, 0.4) is 0 Å². The lowest BCUT2D eigenvalue weighted by Gasteiger charge is -2.18. The van der Waals surface area contributed by atoms with Crippen LogP contribution < -0.4 is 4.90 Å². The van der Waals surface area contributed by atoms with Gasteiger partial charge in [0.05, 0.1) is 17.3 Å². The van der Waals surface area contributed by atoms with Gasteiger partial charge in [0.25, 0.3) is 0 Å². The third kappa shape index (κ3) is 2.86. The highest BCUT2D eigenvalue weighted by atomic mass is 35.5. The molecule has 17 heavy (non-hydrogen) atoms. The van der Waals surface area contributed by atoms with E-state index in [0.717, 1.165) is 17.7 Å². The Kier molecular flexibility index (Phi) is 3.78. The molecular weight excluding hydrogens is 234 g/mol. The van der Waals surface area contributed by atoms with Crippen LogP contribution in [0.25, 0.3) is 0 Å². The number of amides is 1. The molecule has 0 aromatic heterocycles. The van der Waals surface area contributed by atoms with E-state index in [1.54, 1.807) is 11.0 Å². The van der Waals surface area contributed by atoms with Crippen LogP contribution in [0.5, 0.6) is 0 Å². The molecule has 3 heteroatoms. The van der Waals surface area contributed by atoms with Crippen molar-refractivity contribution in [1.29, 1.82) is 0 Å². The zero-order valence-corrected chi connectivity index (χ0v) is 9.97. The molecular formula is C14H12ClNO. The van der Waals surface area contributed by atoms with E-state index in [9.17, 15) is 4.79 Å². The Bertz CT molecular complexity index is 499. The van der Waals surface area contributed by atoms with Crippen LogP contribution in [-0.2, 0) is 11.3 Å². The third-order valence-corrected chi connectivity index (χ3v) is 2.80. The van der Waals surface area contributed by atoms with Crippen LogP contribution in [0.1, 0.15) is 5.56 Å². The maximum atomic E-state index is 11.1. The number of carbonyl (C=O) groups is 1. The molecule has 86 valence electrons. The number of halogens is 1. The number of carbonyl (C=O) groups excluding carboxylic acids is 1. The maximum absolute atomic E-state index is 11.1. The van der Waals surface area contributed by atoms with Gasteiger partial charge in [-0.25, -0.2) is 0 Å². The van der Waals surface area contributed by atoms with E-state index in [1.165, 1.54) is 0 Å². The number of nitrogens with zero attached hydrogens (tertiary/aromatic N) is 1. The number of para-hydroxylation sites is 1. The summed E-state index contributed by atoms with van der Waals surface area (Å²) in [5.41, 5.74) is 1.80. The number of hydrogen-bond donors (Lipinski definition) is 0. The molecule has 0 bridgehead atoms. The van der Waals surface area contributed by atoms with Gasteiger partial charge in [-0.1, -0.05) is 54.1 Å². The van der Waals surface area contributed by atoms with Gasteiger partial charge in [0.2, 0.25) is 6.41 Å². The predicted molar refractivity (Wildman–Crippen MR) is 70.1 cm³/mol. The molecule has 0 N–H and O–H groups in total. The van der Waals surface area contributed by atoms with Crippen molar-refractivity contribution in [2.75, 3.05) is 4.90 Å². The van der Waals surface area contributed by atoms with Gasteiger partial charge in [-0.2, -0.15) is 0 Å². The highest BCUT2D eigenvalue weighted by Gasteiger charge is 2.08. The third-order valence-electron chi connectivity index (χ3n) is 2.48.